The molecule has 1 aromatic heterocycles. The number of aromatic nitrogens is 1. The third-order valence-corrected chi connectivity index (χ3v) is 3.64. The number of hydrogen-bond donors (Lipinski definition) is 1. The molecule has 2 rings (SSSR count). The molecule has 1 aliphatic heterocycles. The molecular weight excluding hydrogens is 236 g/mol. The van der Waals surface area contributed by atoms with Crippen LogP contribution in [-0.2, 0) is 6.54 Å². The van der Waals surface area contributed by atoms with Crippen molar-refractivity contribution in [3.8, 4) is 0 Å². The van der Waals surface area contributed by atoms with Gasteiger partial charge in [-0.15, -0.1) is 0 Å². The van der Waals surface area contributed by atoms with Gasteiger partial charge in [0.1, 0.15) is 0 Å². The van der Waals surface area contributed by atoms with Crippen molar-refractivity contribution in [3.63, 3.8) is 0 Å². The minimum Gasteiger partial charge on any atom is -0.385 e. The summed E-state index contributed by atoms with van der Waals surface area (Å²) in [6.45, 7) is 6.39. The smallest absolute Gasteiger partial charge is 0.0564 e. The van der Waals surface area contributed by atoms with E-state index in [0.717, 1.165) is 19.6 Å². The highest BCUT2D eigenvalue weighted by Crippen LogP contribution is 2.20. The van der Waals surface area contributed by atoms with Crippen molar-refractivity contribution in [1.29, 1.82) is 0 Å². The van der Waals surface area contributed by atoms with E-state index in [2.05, 4.69) is 47.2 Å². The lowest BCUT2D eigenvalue weighted by atomic mass is 10.2. The highest BCUT2D eigenvalue weighted by Gasteiger charge is 2.25. The number of likely N-dealkylation sites (tertiary alicyclic amines) is 1. The van der Waals surface area contributed by atoms with E-state index >= 15 is 0 Å². The van der Waals surface area contributed by atoms with Crippen molar-refractivity contribution < 1.29 is 0 Å². The van der Waals surface area contributed by atoms with Crippen LogP contribution in [0.25, 0.3) is 0 Å². The molecule has 0 aromatic carbocycles. The maximum absolute atomic E-state index is 4.50. The van der Waals surface area contributed by atoms with E-state index < -0.39 is 0 Å². The first kappa shape index (κ1) is 14.3. The van der Waals surface area contributed by atoms with Gasteiger partial charge in [-0.25, -0.2) is 0 Å². The Labute approximate surface area is 116 Å². The van der Waals surface area contributed by atoms with Gasteiger partial charge in [-0.2, -0.15) is 0 Å². The van der Waals surface area contributed by atoms with E-state index in [0.29, 0.717) is 6.04 Å². The highest BCUT2D eigenvalue weighted by atomic mass is 15.2. The van der Waals surface area contributed by atoms with E-state index in [1.807, 2.05) is 12.3 Å². The van der Waals surface area contributed by atoms with Crippen molar-refractivity contribution in [2.75, 3.05) is 39.0 Å². The van der Waals surface area contributed by atoms with E-state index in [1.54, 1.807) is 0 Å². The number of nitrogens with one attached hydrogen (secondary N) is 1. The van der Waals surface area contributed by atoms with E-state index in [-0.39, 0.29) is 0 Å². The second-order valence-electron chi connectivity index (χ2n) is 5.59. The van der Waals surface area contributed by atoms with Crippen LogP contribution >= 0.6 is 0 Å². The molecule has 2 heterocycles. The monoisotopic (exact) mass is 262 g/mol. The lowest BCUT2D eigenvalue weighted by molar-refractivity contribution is 0.199. The fourth-order valence-corrected chi connectivity index (χ4v) is 2.82. The third kappa shape index (κ3) is 4.18. The van der Waals surface area contributed by atoms with Crippen LogP contribution in [0.3, 0.4) is 0 Å². The lowest BCUT2D eigenvalue weighted by Crippen LogP contribution is -2.37. The predicted octanol–water partition coefficient (Wildman–Crippen LogP) is 2.04. The van der Waals surface area contributed by atoms with Crippen molar-refractivity contribution >= 4 is 5.69 Å². The molecule has 1 aliphatic rings. The van der Waals surface area contributed by atoms with Crippen LogP contribution in [0, 0.1) is 0 Å². The SMILES string of the molecule is CCNc1ccnc(CN2CCCC2CN(C)C)c1. The summed E-state index contributed by atoms with van der Waals surface area (Å²) in [5.74, 6) is 0. The molecule has 1 N–H and O–H groups in total. The Hall–Kier alpha value is -1.13. The summed E-state index contributed by atoms with van der Waals surface area (Å²) in [7, 11) is 4.31. The Morgan fingerprint density at radius 3 is 3.05 bits per heavy atom. The number of pyridine rings is 1. The zero-order valence-corrected chi connectivity index (χ0v) is 12.4. The molecule has 0 spiro atoms. The first-order chi connectivity index (χ1) is 9.19. The molecule has 1 aromatic rings. The molecule has 1 atom stereocenters. The Morgan fingerprint density at radius 2 is 2.32 bits per heavy atom. The molecule has 0 amide bonds. The quantitative estimate of drug-likeness (QED) is 0.850. The molecule has 1 fully saturated rings. The highest BCUT2D eigenvalue weighted by molar-refractivity contribution is 5.42. The molecule has 0 bridgehead atoms. The Bertz CT molecular complexity index is 391. The van der Waals surface area contributed by atoms with Crippen LogP contribution in [0.15, 0.2) is 18.3 Å². The number of likely N-dealkylation sites (N-methyl/N-ethyl adjacent to an activating group) is 1. The first-order valence-electron chi connectivity index (χ1n) is 7.26. The van der Waals surface area contributed by atoms with Crippen molar-refractivity contribution in [2.45, 2.75) is 32.4 Å². The fraction of sp³-hybridized carbons (Fsp3) is 0.667. The number of nitrogens with zero attached hydrogens (tertiary/aromatic N) is 3. The zero-order chi connectivity index (χ0) is 13.7. The van der Waals surface area contributed by atoms with Gasteiger partial charge in [-0.3, -0.25) is 9.88 Å². The Balaban J connectivity index is 1.97. The second-order valence-corrected chi connectivity index (χ2v) is 5.59. The number of anilines is 1. The first-order valence-corrected chi connectivity index (χ1v) is 7.26. The van der Waals surface area contributed by atoms with Crippen molar-refractivity contribution in [3.05, 3.63) is 24.0 Å². The lowest BCUT2D eigenvalue weighted by Gasteiger charge is -2.26. The summed E-state index contributed by atoms with van der Waals surface area (Å²) in [5.41, 5.74) is 2.35. The Morgan fingerprint density at radius 1 is 1.47 bits per heavy atom. The van der Waals surface area contributed by atoms with E-state index in [1.165, 1.54) is 30.8 Å². The van der Waals surface area contributed by atoms with Gasteiger partial charge in [-0.05, 0) is 52.5 Å². The molecule has 0 saturated carbocycles. The molecule has 1 saturated heterocycles. The summed E-state index contributed by atoms with van der Waals surface area (Å²) in [5, 5.41) is 3.35. The van der Waals surface area contributed by atoms with Crippen LogP contribution in [0.1, 0.15) is 25.5 Å². The maximum atomic E-state index is 4.50. The minimum absolute atomic E-state index is 0.680. The fourth-order valence-electron chi connectivity index (χ4n) is 2.82. The van der Waals surface area contributed by atoms with Gasteiger partial charge >= 0.3 is 0 Å². The number of rotatable bonds is 6. The molecule has 4 nitrogen and oxygen atoms in total. The molecule has 106 valence electrons. The predicted molar refractivity (Wildman–Crippen MR) is 80.4 cm³/mol. The van der Waals surface area contributed by atoms with Crippen LogP contribution in [-0.4, -0.2) is 54.6 Å². The van der Waals surface area contributed by atoms with Gasteiger partial charge in [0.2, 0.25) is 0 Å². The maximum Gasteiger partial charge on any atom is 0.0564 e. The van der Waals surface area contributed by atoms with Crippen LogP contribution in [0.4, 0.5) is 5.69 Å². The van der Waals surface area contributed by atoms with Gasteiger partial charge in [0, 0.05) is 37.6 Å². The minimum atomic E-state index is 0.680. The summed E-state index contributed by atoms with van der Waals surface area (Å²) < 4.78 is 0. The van der Waals surface area contributed by atoms with Gasteiger partial charge in [0.15, 0.2) is 0 Å². The van der Waals surface area contributed by atoms with Gasteiger partial charge in [0.05, 0.1) is 5.69 Å². The van der Waals surface area contributed by atoms with Gasteiger partial charge in [-0.1, -0.05) is 0 Å². The summed E-state index contributed by atoms with van der Waals surface area (Å²) in [4.78, 5) is 9.35. The molecule has 1 unspecified atom stereocenters. The standard InChI is InChI=1S/C15H26N4/c1-4-16-13-7-8-17-14(10-13)11-19-9-5-6-15(19)12-18(2)3/h7-8,10,15H,4-6,9,11-12H2,1-3H3,(H,16,17). The van der Waals surface area contributed by atoms with Crippen LogP contribution < -0.4 is 5.32 Å². The summed E-state index contributed by atoms with van der Waals surface area (Å²) in [6, 6.07) is 4.89. The average Bonchev–Trinajstić information content (AvgIpc) is 2.77. The van der Waals surface area contributed by atoms with Gasteiger partial charge < -0.3 is 10.2 Å². The summed E-state index contributed by atoms with van der Waals surface area (Å²) in [6.07, 6.45) is 4.53. The second kappa shape index (κ2) is 6.87. The Kier molecular flexibility index (Phi) is 5.16. The molecule has 0 aliphatic carbocycles. The van der Waals surface area contributed by atoms with Crippen LogP contribution in [0.5, 0.6) is 0 Å². The normalized spacial score (nSPS) is 20.1. The van der Waals surface area contributed by atoms with Crippen molar-refractivity contribution in [1.82, 2.24) is 14.8 Å². The largest absolute Gasteiger partial charge is 0.385 e. The molecule has 0 radical (unpaired) electrons. The van der Waals surface area contributed by atoms with E-state index in [4.69, 9.17) is 0 Å². The topological polar surface area (TPSA) is 31.4 Å². The van der Waals surface area contributed by atoms with E-state index in [9.17, 15) is 0 Å². The van der Waals surface area contributed by atoms with Crippen LogP contribution in [0.2, 0.25) is 0 Å². The zero-order valence-electron chi connectivity index (χ0n) is 12.4. The molecule has 19 heavy (non-hydrogen) atoms. The number of hydrogen-bond acceptors (Lipinski definition) is 4. The molecule has 4 heteroatoms. The summed E-state index contributed by atoms with van der Waals surface area (Å²) >= 11 is 0. The average molecular weight is 262 g/mol. The van der Waals surface area contributed by atoms with Crippen molar-refractivity contribution in [2.24, 2.45) is 0 Å². The van der Waals surface area contributed by atoms with Gasteiger partial charge in [0.25, 0.3) is 0 Å². The third-order valence-electron chi connectivity index (χ3n) is 3.64. The molecular formula is C15H26N4.